The Labute approximate surface area is 123 Å². The van der Waals surface area contributed by atoms with E-state index < -0.39 is 0 Å². The van der Waals surface area contributed by atoms with Crippen molar-refractivity contribution in [2.75, 3.05) is 5.32 Å². The Kier molecular flexibility index (Phi) is 3.43. The van der Waals surface area contributed by atoms with E-state index >= 15 is 0 Å². The molecule has 2 heterocycles. The van der Waals surface area contributed by atoms with Crippen LogP contribution in [0.25, 0.3) is 5.69 Å². The molecule has 108 valence electrons. The van der Waals surface area contributed by atoms with Crippen LogP contribution in [0.2, 0.25) is 0 Å². The minimum absolute atomic E-state index is 0.798. The number of nitrogens with one attached hydrogen (secondary N) is 1. The van der Waals surface area contributed by atoms with E-state index in [2.05, 4.69) is 52.4 Å². The van der Waals surface area contributed by atoms with Crippen molar-refractivity contribution in [2.45, 2.75) is 20.4 Å². The molecule has 21 heavy (non-hydrogen) atoms. The number of rotatable bonds is 4. The lowest BCUT2D eigenvalue weighted by Crippen LogP contribution is -2.02. The van der Waals surface area contributed by atoms with Gasteiger partial charge in [-0.05, 0) is 54.1 Å². The molecule has 0 aliphatic rings. The van der Waals surface area contributed by atoms with Gasteiger partial charge < -0.3 is 9.88 Å². The molecule has 0 radical (unpaired) electrons. The van der Waals surface area contributed by atoms with Gasteiger partial charge in [0.15, 0.2) is 0 Å². The highest BCUT2D eigenvalue weighted by Gasteiger charge is 2.06. The zero-order valence-electron chi connectivity index (χ0n) is 12.4. The third-order valence-electron chi connectivity index (χ3n) is 3.82. The largest absolute Gasteiger partial charge is 0.381 e. The van der Waals surface area contributed by atoms with Crippen LogP contribution < -0.4 is 5.32 Å². The molecule has 2 aromatic heterocycles. The Bertz CT molecular complexity index is 742. The molecule has 0 atom stereocenters. The van der Waals surface area contributed by atoms with Crippen molar-refractivity contribution in [3.05, 3.63) is 53.6 Å². The van der Waals surface area contributed by atoms with E-state index in [0.717, 1.165) is 17.9 Å². The van der Waals surface area contributed by atoms with Crippen LogP contribution in [0.15, 0.2) is 36.7 Å². The second kappa shape index (κ2) is 5.40. The first kappa shape index (κ1) is 13.4. The van der Waals surface area contributed by atoms with Crippen LogP contribution in [0.3, 0.4) is 0 Å². The zero-order chi connectivity index (χ0) is 14.8. The summed E-state index contributed by atoms with van der Waals surface area (Å²) in [4.78, 5) is 0. The second-order valence-electron chi connectivity index (χ2n) is 5.11. The van der Waals surface area contributed by atoms with Crippen LogP contribution in [0.5, 0.6) is 0 Å². The summed E-state index contributed by atoms with van der Waals surface area (Å²) in [5.74, 6) is 0. The summed E-state index contributed by atoms with van der Waals surface area (Å²) in [6.07, 6.45) is 1.59. The molecule has 0 fully saturated rings. The molecule has 0 aliphatic carbocycles. The minimum Gasteiger partial charge on any atom is -0.381 e. The Balaban J connectivity index is 1.76. The molecule has 0 saturated carbocycles. The van der Waals surface area contributed by atoms with E-state index in [-0.39, 0.29) is 0 Å². The maximum Gasteiger partial charge on any atom is 0.143 e. The molecule has 3 aromatic rings. The van der Waals surface area contributed by atoms with Gasteiger partial charge in [0.25, 0.3) is 0 Å². The summed E-state index contributed by atoms with van der Waals surface area (Å²) in [6.45, 7) is 5.06. The van der Waals surface area contributed by atoms with Gasteiger partial charge in [0.05, 0.1) is 5.69 Å². The van der Waals surface area contributed by atoms with Crippen molar-refractivity contribution in [3.8, 4) is 5.69 Å². The molecular formula is C15H18N6. The van der Waals surface area contributed by atoms with Crippen LogP contribution >= 0.6 is 0 Å². The number of anilines is 1. The SMILES string of the molecule is Cc1cc(CNc2cccc(-n3cnnn3)c2)c(C)n1C. The number of aryl methyl sites for hydroxylation is 1. The Hall–Kier alpha value is -2.63. The lowest BCUT2D eigenvalue weighted by atomic mass is 10.2. The molecule has 0 unspecified atom stereocenters. The summed E-state index contributed by atoms with van der Waals surface area (Å²) in [6, 6.07) is 10.2. The van der Waals surface area contributed by atoms with Gasteiger partial charge in [-0.3, -0.25) is 0 Å². The molecule has 0 aliphatic heterocycles. The van der Waals surface area contributed by atoms with Crippen molar-refractivity contribution in [3.63, 3.8) is 0 Å². The van der Waals surface area contributed by atoms with Gasteiger partial charge >= 0.3 is 0 Å². The number of benzene rings is 1. The maximum atomic E-state index is 3.90. The monoisotopic (exact) mass is 282 g/mol. The van der Waals surface area contributed by atoms with Crippen molar-refractivity contribution in [1.82, 2.24) is 24.8 Å². The molecule has 1 aromatic carbocycles. The first-order chi connectivity index (χ1) is 10.1. The minimum atomic E-state index is 0.798. The number of hydrogen-bond donors (Lipinski definition) is 1. The third kappa shape index (κ3) is 2.65. The van der Waals surface area contributed by atoms with Gasteiger partial charge in [0, 0.05) is 30.7 Å². The molecule has 3 rings (SSSR count). The predicted octanol–water partition coefficient (Wildman–Crippen LogP) is 2.23. The van der Waals surface area contributed by atoms with Crippen molar-refractivity contribution >= 4 is 5.69 Å². The third-order valence-corrected chi connectivity index (χ3v) is 3.82. The van der Waals surface area contributed by atoms with Gasteiger partial charge in [-0.1, -0.05) is 6.07 Å². The van der Waals surface area contributed by atoms with Gasteiger partial charge in [-0.2, -0.15) is 0 Å². The van der Waals surface area contributed by atoms with E-state index in [1.807, 2.05) is 24.3 Å². The number of hydrogen-bond acceptors (Lipinski definition) is 4. The van der Waals surface area contributed by atoms with Gasteiger partial charge in [-0.15, -0.1) is 5.10 Å². The van der Waals surface area contributed by atoms with Gasteiger partial charge in [0.2, 0.25) is 0 Å². The van der Waals surface area contributed by atoms with Crippen LogP contribution in [-0.4, -0.2) is 24.8 Å². The Morgan fingerprint density at radius 3 is 2.71 bits per heavy atom. The van der Waals surface area contributed by atoms with E-state index in [0.29, 0.717) is 0 Å². The van der Waals surface area contributed by atoms with Crippen molar-refractivity contribution < 1.29 is 0 Å². The number of tetrazole rings is 1. The lowest BCUT2D eigenvalue weighted by Gasteiger charge is -2.08. The molecule has 6 heteroatoms. The van der Waals surface area contributed by atoms with Crippen LogP contribution in [0.4, 0.5) is 5.69 Å². The smallest absolute Gasteiger partial charge is 0.143 e. The summed E-state index contributed by atoms with van der Waals surface area (Å²) in [7, 11) is 2.09. The predicted molar refractivity (Wildman–Crippen MR) is 81.4 cm³/mol. The van der Waals surface area contributed by atoms with Gasteiger partial charge in [0.1, 0.15) is 6.33 Å². The summed E-state index contributed by atoms with van der Waals surface area (Å²) >= 11 is 0. The highest BCUT2D eigenvalue weighted by atomic mass is 15.5. The van der Waals surface area contributed by atoms with Gasteiger partial charge in [-0.25, -0.2) is 4.68 Å². The zero-order valence-corrected chi connectivity index (χ0v) is 12.4. The molecule has 0 amide bonds. The topological polar surface area (TPSA) is 60.6 Å². The van der Waals surface area contributed by atoms with Crippen LogP contribution in [-0.2, 0) is 13.6 Å². The molecule has 1 N–H and O–H groups in total. The van der Waals surface area contributed by atoms with Crippen LogP contribution in [0.1, 0.15) is 17.0 Å². The fourth-order valence-corrected chi connectivity index (χ4v) is 2.35. The lowest BCUT2D eigenvalue weighted by molar-refractivity contribution is 0.789. The molecule has 0 bridgehead atoms. The standard InChI is InChI=1S/C15H18N6/c1-11-7-13(12(2)20(11)3)9-16-14-5-4-6-15(8-14)21-10-17-18-19-21/h4-8,10,16H,9H2,1-3H3. The summed E-state index contributed by atoms with van der Waals surface area (Å²) in [5.41, 5.74) is 5.85. The highest BCUT2D eigenvalue weighted by Crippen LogP contribution is 2.17. The normalized spacial score (nSPS) is 10.8. The second-order valence-corrected chi connectivity index (χ2v) is 5.11. The summed E-state index contributed by atoms with van der Waals surface area (Å²) < 4.78 is 3.84. The first-order valence-electron chi connectivity index (χ1n) is 6.84. The molecular weight excluding hydrogens is 264 g/mol. The summed E-state index contributed by atoms with van der Waals surface area (Å²) in [5, 5.41) is 14.7. The quantitative estimate of drug-likeness (QED) is 0.797. The average molecular weight is 282 g/mol. The van der Waals surface area contributed by atoms with E-state index in [1.54, 1.807) is 11.0 Å². The maximum absolute atomic E-state index is 3.90. The van der Waals surface area contributed by atoms with E-state index in [1.165, 1.54) is 17.0 Å². The highest BCUT2D eigenvalue weighted by molar-refractivity contribution is 5.51. The van der Waals surface area contributed by atoms with E-state index in [4.69, 9.17) is 0 Å². The average Bonchev–Trinajstić information content (AvgIpc) is 3.11. The van der Waals surface area contributed by atoms with Crippen LogP contribution in [0, 0.1) is 13.8 Å². The molecule has 0 spiro atoms. The van der Waals surface area contributed by atoms with Crippen molar-refractivity contribution in [2.24, 2.45) is 7.05 Å². The number of aromatic nitrogens is 5. The Morgan fingerprint density at radius 2 is 2.05 bits per heavy atom. The number of nitrogens with zero attached hydrogens (tertiary/aromatic N) is 5. The Morgan fingerprint density at radius 1 is 1.19 bits per heavy atom. The first-order valence-corrected chi connectivity index (χ1v) is 6.84. The molecule has 0 saturated heterocycles. The van der Waals surface area contributed by atoms with Crippen molar-refractivity contribution in [1.29, 1.82) is 0 Å². The fourth-order valence-electron chi connectivity index (χ4n) is 2.35. The van der Waals surface area contributed by atoms with E-state index in [9.17, 15) is 0 Å². The molecule has 6 nitrogen and oxygen atoms in total. The fraction of sp³-hybridized carbons (Fsp3) is 0.267.